The fourth-order valence-corrected chi connectivity index (χ4v) is 2.12. The summed E-state index contributed by atoms with van der Waals surface area (Å²) in [5.74, 6) is 1.47. The number of ether oxygens (including phenoxy) is 1. The third-order valence-corrected chi connectivity index (χ3v) is 3.19. The summed E-state index contributed by atoms with van der Waals surface area (Å²) in [5, 5.41) is 0. The quantitative estimate of drug-likeness (QED) is 0.902. The summed E-state index contributed by atoms with van der Waals surface area (Å²) in [6.45, 7) is 6.14. The summed E-state index contributed by atoms with van der Waals surface area (Å²) in [4.78, 5) is 4.39. The predicted octanol–water partition coefficient (Wildman–Crippen LogP) is 3.63. The van der Waals surface area contributed by atoms with E-state index in [9.17, 15) is 0 Å². The maximum atomic E-state index is 5.83. The number of aromatic nitrogens is 1. The van der Waals surface area contributed by atoms with Crippen LogP contribution >= 0.6 is 0 Å². The summed E-state index contributed by atoms with van der Waals surface area (Å²) in [6, 6.07) is 10.4. The van der Waals surface area contributed by atoms with E-state index in [1.165, 1.54) is 5.56 Å². The second-order valence-corrected chi connectivity index (χ2v) is 5.25. The minimum atomic E-state index is 0.143. The second kappa shape index (κ2) is 6.53. The van der Waals surface area contributed by atoms with Gasteiger partial charge in [-0.15, -0.1) is 0 Å². The zero-order valence-corrected chi connectivity index (χ0v) is 12.4. The third-order valence-electron chi connectivity index (χ3n) is 3.19. The molecule has 106 valence electrons. The number of nitrogens with two attached hydrogens (primary N) is 1. The van der Waals surface area contributed by atoms with Crippen LogP contribution in [0.15, 0.2) is 36.5 Å². The van der Waals surface area contributed by atoms with E-state index < -0.39 is 0 Å². The van der Waals surface area contributed by atoms with Crippen LogP contribution in [0.1, 0.15) is 30.5 Å². The Labute approximate surface area is 120 Å². The van der Waals surface area contributed by atoms with Crippen LogP contribution in [0.3, 0.4) is 0 Å². The van der Waals surface area contributed by atoms with E-state index in [0.29, 0.717) is 5.88 Å². The van der Waals surface area contributed by atoms with Gasteiger partial charge in [0.1, 0.15) is 5.75 Å². The van der Waals surface area contributed by atoms with Crippen molar-refractivity contribution in [3.8, 4) is 11.6 Å². The van der Waals surface area contributed by atoms with Gasteiger partial charge in [0, 0.05) is 17.8 Å². The molecule has 0 aliphatic carbocycles. The van der Waals surface area contributed by atoms with Crippen LogP contribution in [0, 0.1) is 6.92 Å². The molecule has 0 fully saturated rings. The zero-order chi connectivity index (χ0) is 14.5. The van der Waals surface area contributed by atoms with Crippen molar-refractivity contribution in [3.05, 3.63) is 53.2 Å². The van der Waals surface area contributed by atoms with Gasteiger partial charge in [0.05, 0.1) is 0 Å². The molecule has 2 aromatic rings. The molecule has 0 bridgehead atoms. The van der Waals surface area contributed by atoms with Crippen molar-refractivity contribution in [2.75, 3.05) is 0 Å². The first-order valence-corrected chi connectivity index (χ1v) is 7.06. The Hall–Kier alpha value is -1.87. The highest BCUT2D eigenvalue weighted by Crippen LogP contribution is 2.23. The van der Waals surface area contributed by atoms with Gasteiger partial charge in [-0.2, -0.15) is 0 Å². The first-order valence-electron chi connectivity index (χ1n) is 7.06. The molecule has 20 heavy (non-hydrogen) atoms. The number of hydrogen-bond acceptors (Lipinski definition) is 3. The van der Waals surface area contributed by atoms with Crippen molar-refractivity contribution in [1.82, 2.24) is 4.98 Å². The Morgan fingerprint density at radius 3 is 2.45 bits per heavy atom. The lowest BCUT2D eigenvalue weighted by molar-refractivity contribution is 0.458. The highest BCUT2D eigenvalue weighted by molar-refractivity contribution is 5.35. The lowest BCUT2D eigenvalue weighted by atomic mass is 10.1. The standard InChI is InChI=1S/C17H22N2O/c1-4-14-5-7-16(8-6-14)20-17-12(2)9-15(11-19-17)10-13(3)18/h5-9,11,13H,4,10,18H2,1-3H3. The van der Waals surface area contributed by atoms with Gasteiger partial charge < -0.3 is 10.5 Å². The van der Waals surface area contributed by atoms with Crippen molar-refractivity contribution < 1.29 is 4.74 Å². The number of pyridine rings is 1. The Kier molecular flexibility index (Phi) is 4.74. The molecule has 3 heteroatoms. The molecule has 0 saturated heterocycles. The minimum absolute atomic E-state index is 0.143. The van der Waals surface area contributed by atoms with Crippen LogP contribution in [0.4, 0.5) is 0 Å². The fraction of sp³-hybridized carbons (Fsp3) is 0.353. The Balaban J connectivity index is 2.12. The van der Waals surface area contributed by atoms with E-state index in [4.69, 9.17) is 10.5 Å². The normalized spacial score (nSPS) is 12.2. The molecular weight excluding hydrogens is 248 g/mol. The monoisotopic (exact) mass is 270 g/mol. The average Bonchev–Trinajstić information content (AvgIpc) is 2.42. The third kappa shape index (κ3) is 3.81. The SMILES string of the molecule is CCc1ccc(Oc2ncc(CC(C)N)cc2C)cc1. The van der Waals surface area contributed by atoms with Crippen molar-refractivity contribution >= 4 is 0 Å². The molecule has 0 aliphatic rings. The molecule has 0 radical (unpaired) electrons. The number of rotatable bonds is 5. The summed E-state index contributed by atoms with van der Waals surface area (Å²) in [5.41, 5.74) is 9.28. The predicted molar refractivity (Wildman–Crippen MR) is 82.2 cm³/mol. The lowest BCUT2D eigenvalue weighted by Crippen LogP contribution is -2.17. The molecule has 0 spiro atoms. The Bertz CT molecular complexity index is 562. The van der Waals surface area contributed by atoms with E-state index in [1.807, 2.05) is 32.2 Å². The highest BCUT2D eigenvalue weighted by atomic mass is 16.5. The maximum absolute atomic E-state index is 5.83. The molecular formula is C17H22N2O. The highest BCUT2D eigenvalue weighted by Gasteiger charge is 2.06. The lowest BCUT2D eigenvalue weighted by Gasteiger charge is -2.10. The van der Waals surface area contributed by atoms with Gasteiger partial charge in [0.25, 0.3) is 0 Å². The van der Waals surface area contributed by atoms with Gasteiger partial charge in [0.15, 0.2) is 0 Å². The van der Waals surface area contributed by atoms with Crippen LogP contribution in [-0.4, -0.2) is 11.0 Å². The Morgan fingerprint density at radius 2 is 1.90 bits per heavy atom. The van der Waals surface area contributed by atoms with Gasteiger partial charge in [0.2, 0.25) is 5.88 Å². The molecule has 1 unspecified atom stereocenters. The van der Waals surface area contributed by atoms with Crippen LogP contribution < -0.4 is 10.5 Å². The second-order valence-electron chi connectivity index (χ2n) is 5.25. The number of nitrogens with zero attached hydrogens (tertiary/aromatic N) is 1. The molecule has 3 nitrogen and oxygen atoms in total. The number of hydrogen-bond donors (Lipinski definition) is 1. The van der Waals surface area contributed by atoms with Crippen molar-refractivity contribution in [2.45, 2.75) is 39.7 Å². The van der Waals surface area contributed by atoms with Gasteiger partial charge in [-0.05, 0) is 56.0 Å². The smallest absolute Gasteiger partial charge is 0.222 e. The first-order chi connectivity index (χ1) is 9.58. The number of aryl methyl sites for hydroxylation is 2. The van der Waals surface area contributed by atoms with Gasteiger partial charge in [-0.25, -0.2) is 4.98 Å². The summed E-state index contributed by atoms with van der Waals surface area (Å²) < 4.78 is 5.83. The van der Waals surface area contributed by atoms with Crippen LogP contribution in [0.2, 0.25) is 0 Å². The summed E-state index contributed by atoms with van der Waals surface area (Å²) >= 11 is 0. The van der Waals surface area contributed by atoms with E-state index in [1.54, 1.807) is 0 Å². The molecule has 0 amide bonds. The van der Waals surface area contributed by atoms with E-state index in [0.717, 1.165) is 29.7 Å². The number of benzene rings is 1. The molecule has 1 heterocycles. The summed E-state index contributed by atoms with van der Waals surface area (Å²) in [6.07, 6.45) is 3.70. The van der Waals surface area contributed by atoms with E-state index >= 15 is 0 Å². The van der Waals surface area contributed by atoms with Gasteiger partial charge in [-0.1, -0.05) is 19.1 Å². The van der Waals surface area contributed by atoms with E-state index in [-0.39, 0.29) is 6.04 Å². The fourth-order valence-electron chi connectivity index (χ4n) is 2.12. The molecule has 2 N–H and O–H groups in total. The van der Waals surface area contributed by atoms with E-state index in [2.05, 4.69) is 30.1 Å². The zero-order valence-electron chi connectivity index (χ0n) is 12.4. The van der Waals surface area contributed by atoms with Gasteiger partial charge in [-0.3, -0.25) is 0 Å². The largest absolute Gasteiger partial charge is 0.439 e. The van der Waals surface area contributed by atoms with Crippen molar-refractivity contribution in [3.63, 3.8) is 0 Å². The van der Waals surface area contributed by atoms with Crippen LogP contribution in [0.25, 0.3) is 0 Å². The molecule has 0 aliphatic heterocycles. The minimum Gasteiger partial charge on any atom is -0.439 e. The topological polar surface area (TPSA) is 48.1 Å². The average molecular weight is 270 g/mol. The first kappa shape index (κ1) is 14.5. The van der Waals surface area contributed by atoms with Crippen molar-refractivity contribution in [1.29, 1.82) is 0 Å². The summed E-state index contributed by atoms with van der Waals surface area (Å²) in [7, 11) is 0. The van der Waals surface area contributed by atoms with Crippen LogP contribution in [0.5, 0.6) is 11.6 Å². The maximum Gasteiger partial charge on any atom is 0.222 e. The van der Waals surface area contributed by atoms with Gasteiger partial charge >= 0.3 is 0 Å². The molecule has 0 saturated carbocycles. The molecule has 2 rings (SSSR count). The molecule has 1 atom stereocenters. The van der Waals surface area contributed by atoms with Crippen LogP contribution in [-0.2, 0) is 12.8 Å². The molecule has 1 aromatic carbocycles. The van der Waals surface area contributed by atoms with Crippen molar-refractivity contribution in [2.24, 2.45) is 5.73 Å². The molecule has 1 aromatic heterocycles. The Morgan fingerprint density at radius 1 is 1.20 bits per heavy atom.